The molecule has 0 aliphatic carbocycles. The summed E-state index contributed by atoms with van der Waals surface area (Å²) in [5.74, 6) is 0.573. The van der Waals surface area contributed by atoms with Gasteiger partial charge in [0.15, 0.2) is 0 Å². The first-order chi connectivity index (χ1) is 11.5. The summed E-state index contributed by atoms with van der Waals surface area (Å²) in [6.45, 7) is 9.99. The number of aliphatic hydroxyl groups is 1. The van der Waals surface area contributed by atoms with E-state index in [1.54, 1.807) is 0 Å². The summed E-state index contributed by atoms with van der Waals surface area (Å²) in [7, 11) is 0. The molecule has 24 heavy (non-hydrogen) atoms. The Balaban J connectivity index is 1.79. The molecule has 0 aliphatic heterocycles. The van der Waals surface area contributed by atoms with Gasteiger partial charge in [-0.3, -0.25) is 4.90 Å². The van der Waals surface area contributed by atoms with Crippen LogP contribution in [0.4, 0.5) is 0 Å². The van der Waals surface area contributed by atoms with Gasteiger partial charge in [0.05, 0.1) is 19.3 Å². The number of hydrogen-bond acceptors (Lipinski definition) is 4. The lowest BCUT2D eigenvalue weighted by Gasteiger charge is -2.26. The maximum absolute atomic E-state index is 10.3. The van der Waals surface area contributed by atoms with Crippen LogP contribution in [-0.4, -0.2) is 35.8 Å². The second-order valence-electron chi connectivity index (χ2n) is 6.75. The van der Waals surface area contributed by atoms with E-state index in [1.807, 2.05) is 41.7 Å². The van der Waals surface area contributed by atoms with Gasteiger partial charge in [0.25, 0.3) is 0 Å². The lowest BCUT2D eigenvalue weighted by molar-refractivity contribution is 0.00694. The summed E-state index contributed by atoms with van der Waals surface area (Å²) in [4.78, 5) is 5.01. The smallest absolute Gasteiger partial charge is 0.0900 e. The quantitative estimate of drug-likeness (QED) is 0.702. The first kappa shape index (κ1) is 19.1. The fraction of sp³-hybridized carbons (Fsp3) is 0.500. The van der Waals surface area contributed by atoms with Crippen molar-refractivity contribution in [3.05, 3.63) is 57.8 Å². The minimum Gasteiger partial charge on any atom is -0.389 e. The Morgan fingerprint density at radius 2 is 1.83 bits per heavy atom. The van der Waals surface area contributed by atoms with Gasteiger partial charge in [-0.25, -0.2) is 0 Å². The van der Waals surface area contributed by atoms with Gasteiger partial charge in [-0.15, -0.1) is 11.3 Å². The number of hydrogen-bond donors (Lipinski definition) is 1. The molecule has 2 aromatic rings. The van der Waals surface area contributed by atoms with Gasteiger partial charge in [-0.1, -0.05) is 44.2 Å². The van der Waals surface area contributed by atoms with Crippen LogP contribution in [0.3, 0.4) is 0 Å². The molecule has 1 aromatic carbocycles. The van der Waals surface area contributed by atoms with Gasteiger partial charge in [-0.05, 0) is 30.5 Å². The second kappa shape index (κ2) is 9.94. The molecule has 1 aromatic heterocycles. The highest BCUT2D eigenvalue weighted by atomic mass is 32.1. The summed E-state index contributed by atoms with van der Waals surface area (Å²) >= 11 is 1.83. The molecule has 0 amide bonds. The molecule has 1 atom stereocenters. The molecular weight excluding hydrogens is 318 g/mol. The molecule has 0 saturated heterocycles. The fourth-order valence-corrected chi connectivity index (χ4v) is 3.68. The number of rotatable bonds is 10. The Bertz CT molecular complexity index is 582. The molecule has 0 radical (unpaired) electrons. The Kier molecular flexibility index (Phi) is 7.92. The molecule has 1 heterocycles. The molecule has 0 bridgehead atoms. The van der Waals surface area contributed by atoms with E-state index < -0.39 is 6.10 Å². The molecule has 1 N–H and O–H groups in total. The Morgan fingerprint density at radius 3 is 2.46 bits per heavy atom. The van der Waals surface area contributed by atoms with Crippen molar-refractivity contribution in [3.8, 4) is 0 Å². The normalized spacial score (nSPS) is 12.9. The van der Waals surface area contributed by atoms with Crippen molar-refractivity contribution in [3.63, 3.8) is 0 Å². The van der Waals surface area contributed by atoms with Crippen molar-refractivity contribution < 1.29 is 9.84 Å². The van der Waals surface area contributed by atoms with Crippen LogP contribution >= 0.6 is 11.3 Å². The fourth-order valence-electron chi connectivity index (χ4n) is 2.75. The summed E-state index contributed by atoms with van der Waals surface area (Å²) in [5.41, 5.74) is 1.14. The first-order valence-electron chi connectivity index (χ1n) is 8.60. The van der Waals surface area contributed by atoms with Crippen molar-refractivity contribution in [2.24, 2.45) is 5.92 Å². The molecule has 132 valence electrons. The monoisotopic (exact) mass is 347 g/mol. The molecule has 2 rings (SSSR count). The van der Waals surface area contributed by atoms with Gasteiger partial charge < -0.3 is 9.84 Å². The highest BCUT2D eigenvalue weighted by molar-refractivity contribution is 7.11. The second-order valence-corrected chi connectivity index (χ2v) is 8.13. The van der Waals surface area contributed by atoms with E-state index in [-0.39, 0.29) is 0 Å². The highest BCUT2D eigenvalue weighted by Crippen LogP contribution is 2.18. The van der Waals surface area contributed by atoms with Gasteiger partial charge in [0.1, 0.15) is 0 Å². The summed E-state index contributed by atoms with van der Waals surface area (Å²) in [5, 5.41) is 10.3. The molecule has 4 heteroatoms. The summed E-state index contributed by atoms with van der Waals surface area (Å²) in [6, 6.07) is 14.4. The zero-order valence-corrected chi connectivity index (χ0v) is 15.8. The largest absolute Gasteiger partial charge is 0.389 e. The van der Waals surface area contributed by atoms with Crippen molar-refractivity contribution in [1.82, 2.24) is 4.90 Å². The Labute approximate surface area is 149 Å². The molecular formula is C20H29NO2S. The molecule has 0 unspecified atom stereocenters. The van der Waals surface area contributed by atoms with Crippen LogP contribution in [0.15, 0.2) is 42.5 Å². The van der Waals surface area contributed by atoms with E-state index in [4.69, 9.17) is 4.74 Å². The number of aryl methyl sites for hydroxylation is 1. The number of nitrogens with zero attached hydrogens (tertiary/aromatic N) is 1. The lowest BCUT2D eigenvalue weighted by Crippen LogP contribution is -2.36. The van der Waals surface area contributed by atoms with Gasteiger partial charge in [0, 0.05) is 29.4 Å². The van der Waals surface area contributed by atoms with Crippen LogP contribution < -0.4 is 0 Å². The highest BCUT2D eigenvalue weighted by Gasteiger charge is 2.15. The summed E-state index contributed by atoms with van der Waals surface area (Å²) in [6.07, 6.45) is -0.464. The van der Waals surface area contributed by atoms with Crippen LogP contribution in [0.25, 0.3) is 0 Å². The third kappa shape index (κ3) is 7.14. The summed E-state index contributed by atoms with van der Waals surface area (Å²) < 4.78 is 5.67. The number of benzene rings is 1. The van der Waals surface area contributed by atoms with E-state index in [2.05, 4.69) is 37.8 Å². The predicted octanol–water partition coefficient (Wildman–Crippen LogP) is 4.09. The standard InChI is InChI=1S/C20H29NO2S/c1-16(2)11-21(13-20-10-9-17(3)24-20)12-19(22)15-23-14-18-7-5-4-6-8-18/h4-10,16,19,22H,11-15H2,1-3H3/t19-/m1/s1. The first-order valence-corrected chi connectivity index (χ1v) is 9.42. The predicted molar refractivity (Wildman–Crippen MR) is 101 cm³/mol. The SMILES string of the molecule is Cc1ccc(CN(CC(C)C)C[C@@H](O)COCc2ccccc2)s1. The molecule has 0 spiro atoms. The lowest BCUT2D eigenvalue weighted by atomic mass is 10.2. The maximum Gasteiger partial charge on any atom is 0.0900 e. The zero-order chi connectivity index (χ0) is 17.4. The van der Waals surface area contributed by atoms with Gasteiger partial charge >= 0.3 is 0 Å². The maximum atomic E-state index is 10.3. The minimum atomic E-state index is -0.464. The van der Waals surface area contributed by atoms with E-state index in [0.29, 0.717) is 25.7 Å². The molecule has 0 fully saturated rings. The number of ether oxygens (including phenoxy) is 1. The topological polar surface area (TPSA) is 32.7 Å². The van der Waals surface area contributed by atoms with Crippen molar-refractivity contribution in [1.29, 1.82) is 0 Å². The minimum absolute atomic E-state index is 0.368. The average Bonchev–Trinajstić information content (AvgIpc) is 2.92. The molecule has 0 aliphatic rings. The number of aliphatic hydroxyl groups excluding tert-OH is 1. The van der Waals surface area contributed by atoms with E-state index in [9.17, 15) is 5.11 Å². The van der Waals surface area contributed by atoms with Crippen LogP contribution in [0, 0.1) is 12.8 Å². The van der Waals surface area contributed by atoms with E-state index >= 15 is 0 Å². The molecule has 0 saturated carbocycles. The Morgan fingerprint density at radius 1 is 1.08 bits per heavy atom. The van der Waals surface area contributed by atoms with Crippen LogP contribution in [0.2, 0.25) is 0 Å². The average molecular weight is 348 g/mol. The van der Waals surface area contributed by atoms with Crippen LogP contribution in [-0.2, 0) is 17.9 Å². The Hall–Kier alpha value is -1.20. The third-order valence-corrected chi connectivity index (χ3v) is 4.67. The van der Waals surface area contributed by atoms with Crippen molar-refractivity contribution in [2.75, 3.05) is 19.7 Å². The van der Waals surface area contributed by atoms with E-state index in [1.165, 1.54) is 9.75 Å². The van der Waals surface area contributed by atoms with E-state index in [0.717, 1.165) is 18.7 Å². The van der Waals surface area contributed by atoms with Crippen LogP contribution in [0.5, 0.6) is 0 Å². The van der Waals surface area contributed by atoms with Crippen LogP contribution in [0.1, 0.15) is 29.2 Å². The van der Waals surface area contributed by atoms with Crippen molar-refractivity contribution >= 4 is 11.3 Å². The van der Waals surface area contributed by atoms with Gasteiger partial charge in [-0.2, -0.15) is 0 Å². The number of thiophene rings is 1. The van der Waals surface area contributed by atoms with Crippen molar-refractivity contribution in [2.45, 2.75) is 40.0 Å². The zero-order valence-electron chi connectivity index (χ0n) is 14.9. The molecule has 3 nitrogen and oxygen atoms in total. The third-order valence-electron chi connectivity index (χ3n) is 3.69. The van der Waals surface area contributed by atoms with Gasteiger partial charge in [0.2, 0.25) is 0 Å².